The number of hydrogen-bond donors (Lipinski definition) is 0. The van der Waals surface area contributed by atoms with Gasteiger partial charge in [0.25, 0.3) is 0 Å². The van der Waals surface area contributed by atoms with Gasteiger partial charge in [-0.05, 0) is 31.9 Å². The van der Waals surface area contributed by atoms with E-state index < -0.39 is 22.4 Å². The summed E-state index contributed by atoms with van der Waals surface area (Å²) >= 11 is 0. The Morgan fingerprint density at radius 3 is 1.92 bits per heavy atom. The van der Waals surface area contributed by atoms with Gasteiger partial charge in [0.15, 0.2) is 0 Å². The molecule has 0 aliphatic carbocycles. The van der Waals surface area contributed by atoms with Crippen LogP contribution in [0.5, 0.6) is 0 Å². The molecule has 0 bridgehead atoms. The second-order valence-corrected chi connectivity index (χ2v) is 6.51. The number of hydrogen-bond acceptors (Lipinski definition) is 4. The van der Waals surface area contributed by atoms with Crippen molar-refractivity contribution in [3.05, 3.63) is 35.4 Å². The predicted molar refractivity (Wildman–Crippen MR) is 95.2 cm³/mol. The molecule has 0 saturated heterocycles. The SMILES string of the molecule is CCCCCCCCC[N+]1(C(=O)OCC)C(=O)c2ccccc2C1=O. The number of fused-ring (bicyclic) bond motifs is 1. The Labute approximate surface area is 149 Å². The second-order valence-electron chi connectivity index (χ2n) is 6.51. The Hall–Kier alpha value is -2.01. The van der Waals surface area contributed by atoms with Gasteiger partial charge < -0.3 is 4.74 Å². The summed E-state index contributed by atoms with van der Waals surface area (Å²) in [6.07, 6.45) is 6.64. The first-order valence-corrected chi connectivity index (χ1v) is 9.33. The molecule has 0 unspecified atom stereocenters. The highest BCUT2D eigenvalue weighted by Gasteiger charge is 2.60. The third kappa shape index (κ3) is 3.82. The zero-order valence-corrected chi connectivity index (χ0v) is 15.3. The minimum atomic E-state index is -0.845. The zero-order valence-electron chi connectivity index (χ0n) is 15.3. The lowest BCUT2D eigenvalue weighted by atomic mass is 10.1. The summed E-state index contributed by atoms with van der Waals surface area (Å²) in [7, 11) is 0. The normalized spacial score (nSPS) is 15.3. The van der Waals surface area contributed by atoms with Crippen molar-refractivity contribution in [2.45, 2.75) is 58.8 Å². The van der Waals surface area contributed by atoms with E-state index in [2.05, 4.69) is 6.92 Å². The van der Waals surface area contributed by atoms with E-state index in [1.807, 2.05) is 0 Å². The molecule has 1 heterocycles. The van der Waals surface area contributed by atoms with Crippen molar-refractivity contribution in [3.8, 4) is 0 Å². The summed E-state index contributed by atoms with van der Waals surface area (Å²) in [5, 5.41) is 0. The lowest BCUT2D eigenvalue weighted by Gasteiger charge is -2.24. The van der Waals surface area contributed by atoms with Crippen molar-refractivity contribution in [2.75, 3.05) is 13.2 Å². The summed E-state index contributed by atoms with van der Waals surface area (Å²) in [5.74, 6) is -0.907. The highest BCUT2D eigenvalue weighted by atomic mass is 16.6. The molecule has 5 heteroatoms. The lowest BCUT2D eigenvalue weighted by molar-refractivity contribution is -0.687. The second kappa shape index (κ2) is 8.90. The summed E-state index contributed by atoms with van der Waals surface area (Å²) < 4.78 is 4.26. The van der Waals surface area contributed by atoms with E-state index in [1.54, 1.807) is 31.2 Å². The molecule has 1 aliphatic rings. The zero-order chi connectivity index (χ0) is 18.3. The Balaban J connectivity index is 2.10. The molecular weight excluding hydrogens is 318 g/mol. The van der Waals surface area contributed by atoms with Crippen LogP contribution in [0, 0.1) is 0 Å². The number of benzene rings is 1. The van der Waals surface area contributed by atoms with Crippen LogP contribution in [-0.2, 0) is 4.74 Å². The molecule has 0 fully saturated rings. The summed E-state index contributed by atoms with van der Waals surface area (Å²) in [5.41, 5.74) is 0.645. The van der Waals surface area contributed by atoms with Crippen LogP contribution in [0.2, 0.25) is 0 Å². The van der Waals surface area contributed by atoms with E-state index in [0.717, 1.165) is 19.3 Å². The van der Waals surface area contributed by atoms with Crippen LogP contribution in [0.1, 0.15) is 79.5 Å². The number of amides is 3. The number of unbranched alkanes of at least 4 members (excludes halogenated alkanes) is 6. The number of carbonyl (C=O) groups excluding carboxylic acids is 3. The van der Waals surface area contributed by atoms with E-state index in [0.29, 0.717) is 17.5 Å². The van der Waals surface area contributed by atoms with Gasteiger partial charge in [-0.2, -0.15) is 4.79 Å². The fourth-order valence-corrected chi connectivity index (χ4v) is 3.36. The number of ether oxygens (including phenoxy) is 1. The van der Waals surface area contributed by atoms with E-state index >= 15 is 0 Å². The summed E-state index contributed by atoms with van der Waals surface area (Å²) in [4.78, 5) is 38.4. The van der Waals surface area contributed by atoms with Gasteiger partial charge in [0, 0.05) is 0 Å². The molecule has 2 rings (SSSR count). The first kappa shape index (κ1) is 19.3. The van der Waals surface area contributed by atoms with Crippen LogP contribution in [0.15, 0.2) is 24.3 Å². The first-order chi connectivity index (χ1) is 12.1. The maximum atomic E-state index is 12.9. The van der Waals surface area contributed by atoms with E-state index in [1.165, 1.54) is 19.3 Å². The van der Waals surface area contributed by atoms with Crippen LogP contribution < -0.4 is 0 Å². The fraction of sp³-hybridized carbons (Fsp3) is 0.550. The standard InChI is InChI=1S/C20H28NO4/c1-3-5-6-7-8-9-12-15-21(20(24)25-4-2)18(22)16-13-10-11-14-17(16)19(21)23/h10-11,13-14H,3-9,12,15H2,1-2H3/q+1. The number of quaternary nitrogens is 1. The van der Waals surface area contributed by atoms with Crippen LogP contribution in [0.25, 0.3) is 0 Å². The molecule has 0 atom stereocenters. The smallest absolute Gasteiger partial charge is 0.420 e. The molecule has 0 aromatic heterocycles. The molecule has 1 aliphatic heterocycles. The number of imide groups is 3. The fourth-order valence-electron chi connectivity index (χ4n) is 3.36. The van der Waals surface area contributed by atoms with Crippen molar-refractivity contribution in [1.29, 1.82) is 0 Å². The Morgan fingerprint density at radius 1 is 0.880 bits per heavy atom. The quantitative estimate of drug-likeness (QED) is 0.369. The molecule has 3 amide bonds. The summed E-state index contributed by atoms with van der Waals surface area (Å²) in [6, 6.07) is 6.64. The van der Waals surface area contributed by atoms with Gasteiger partial charge in [-0.25, -0.2) is 9.59 Å². The van der Waals surface area contributed by atoms with Gasteiger partial charge in [-0.3, -0.25) is 0 Å². The molecule has 5 nitrogen and oxygen atoms in total. The molecule has 0 saturated carbocycles. The van der Waals surface area contributed by atoms with E-state index in [9.17, 15) is 14.4 Å². The topological polar surface area (TPSA) is 60.4 Å². The molecule has 0 N–H and O–H groups in total. The maximum Gasteiger partial charge on any atom is 0.531 e. The maximum absolute atomic E-state index is 12.9. The van der Waals surface area contributed by atoms with Crippen molar-refractivity contribution >= 4 is 17.9 Å². The highest BCUT2D eigenvalue weighted by molar-refractivity contribution is 6.18. The molecule has 1 aromatic rings. The van der Waals surface area contributed by atoms with Crippen LogP contribution in [0.3, 0.4) is 0 Å². The Kier molecular flexibility index (Phi) is 6.88. The van der Waals surface area contributed by atoms with Crippen molar-refractivity contribution < 1.29 is 23.6 Å². The van der Waals surface area contributed by atoms with E-state index in [-0.39, 0.29) is 13.2 Å². The van der Waals surface area contributed by atoms with Gasteiger partial charge in [0.2, 0.25) is 0 Å². The Bertz CT molecular complexity index is 603. The molecule has 0 spiro atoms. The molecular formula is C20H28NO4+. The van der Waals surface area contributed by atoms with Crippen LogP contribution >= 0.6 is 0 Å². The highest BCUT2D eigenvalue weighted by Crippen LogP contribution is 2.32. The first-order valence-electron chi connectivity index (χ1n) is 9.33. The average Bonchev–Trinajstić information content (AvgIpc) is 2.84. The lowest BCUT2D eigenvalue weighted by Crippen LogP contribution is -2.57. The van der Waals surface area contributed by atoms with Crippen molar-refractivity contribution in [3.63, 3.8) is 0 Å². The molecule has 25 heavy (non-hydrogen) atoms. The van der Waals surface area contributed by atoms with Gasteiger partial charge in [-0.1, -0.05) is 55.6 Å². The van der Waals surface area contributed by atoms with E-state index in [4.69, 9.17) is 4.74 Å². The number of rotatable bonds is 9. The van der Waals surface area contributed by atoms with Gasteiger partial charge >= 0.3 is 17.9 Å². The minimum Gasteiger partial charge on any atom is -0.420 e. The van der Waals surface area contributed by atoms with Gasteiger partial charge in [0.05, 0.1) is 17.7 Å². The Morgan fingerprint density at radius 2 is 1.40 bits per heavy atom. The summed E-state index contributed by atoms with van der Waals surface area (Å²) in [6.45, 7) is 4.18. The van der Waals surface area contributed by atoms with Gasteiger partial charge in [0.1, 0.15) is 6.54 Å². The van der Waals surface area contributed by atoms with Crippen molar-refractivity contribution in [1.82, 2.24) is 0 Å². The molecule has 0 radical (unpaired) electrons. The van der Waals surface area contributed by atoms with Crippen LogP contribution in [0.4, 0.5) is 4.79 Å². The van der Waals surface area contributed by atoms with Crippen LogP contribution in [-0.4, -0.2) is 35.5 Å². The average molecular weight is 346 g/mol. The largest absolute Gasteiger partial charge is 0.531 e. The predicted octanol–water partition coefficient (Wildman–Crippen LogP) is 4.70. The van der Waals surface area contributed by atoms with Crippen molar-refractivity contribution in [2.24, 2.45) is 0 Å². The number of nitrogens with zero attached hydrogens (tertiary/aromatic N) is 1. The minimum absolute atomic E-state index is 0.146. The molecule has 1 aromatic carbocycles. The number of carbonyl (C=O) groups is 3. The van der Waals surface area contributed by atoms with Gasteiger partial charge in [-0.15, -0.1) is 0 Å². The third-order valence-corrected chi connectivity index (χ3v) is 4.76. The third-order valence-electron chi connectivity index (χ3n) is 4.76. The monoisotopic (exact) mass is 346 g/mol. The molecule has 136 valence electrons.